The largest absolute Gasteiger partial charge is 0.493 e. The number of nitrogens with one attached hydrogen (secondary N) is 2. The van der Waals surface area contributed by atoms with Crippen LogP contribution in [0.3, 0.4) is 0 Å². The van der Waals surface area contributed by atoms with E-state index in [9.17, 15) is 9.59 Å². The van der Waals surface area contributed by atoms with Crippen LogP contribution < -0.4 is 20.1 Å². The summed E-state index contributed by atoms with van der Waals surface area (Å²) in [5.74, 6) is 1.46. The highest BCUT2D eigenvalue weighted by atomic mass is 16.5. The van der Waals surface area contributed by atoms with E-state index in [0.29, 0.717) is 25.2 Å². The lowest BCUT2D eigenvalue weighted by molar-refractivity contribution is -0.105. The third-order valence-electron chi connectivity index (χ3n) is 5.78. The number of nitrogens with zero attached hydrogens (tertiary/aromatic N) is 1. The zero-order valence-electron chi connectivity index (χ0n) is 17.1. The number of carbonyl (C=O) groups is 2. The van der Waals surface area contributed by atoms with Crippen LogP contribution in [0, 0.1) is 0 Å². The van der Waals surface area contributed by atoms with Crippen LogP contribution in [-0.4, -0.2) is 37.1 Å². The summed E-state index contributed by atoms with van der Waals surface area (Å²) in [5.41, 5.74) is 2.73. The fourth-order valence-electron chi connectivity index (χ4n) is 4.17. The van der Waals surface area contributed by atoms with Gasteiger partial charge in [-0.3, -0.25) is 4.79 Å². The lowest BCUT2D eigenvalue weighted by Gasteiger charge is -2.25. The molecule has 4 rings (SSSR count). The van der Waals surface area contributed by atoms with E-state index in [-0.39, 0.29) is 18.2 Å². The molecule has 2 aliphatic rings. The molecule has 1 aliphatic carbocycles. The normalized spacial score (nSPS) is 18.9. The number of anilines is 1. The molecule has 2 fully saturated rings. The second kappa shape index (κ2) is 9.07. The van der Waals surface area contributed by atoms with Gasteiger partial charge in [-0.2, -0.15) is 0 Å². The number of amides is 3. The van der Waals surface area contributed by atoms with Gasteiger partial charge in [-0.25, -0.2) is 4.79 Å². The number of urea groups is 1. The Labute approximate surface area is 176 Å². The van der Waals surface area contributed by atoms with Crippen molar-refractivity contribution in [2.45, 2.75) is 44.4 Å². The standard InChI is InChI=1S/C23H27N3O4/c1-29-21-11-8-17(12-22(21)30-19-4-2-3-5-19)20-13-24-23(28)26(20)14-16-6-9-18(10-7-16)25-15-27/h6-12,15,19-20H,2-5,13-14H2,1H3,(H,24,28)(H,25,27)/t20-/m1/s1. The van der Waals surface area contributed by atoms with Gasteiger partial charge in [0.15, 0.2) is 11.5 Å². The zero-order valence-corrected chi connectivity index (χ0v) is 17.1. The Morgan fingerprint density at radius 3 is 2.60 bits per heavy atom. The Hall–Kier alpha value is -3.22. The summed E-state index contributed by atoms with van der Waals surface area (Å²) in [6, 6.07) is 13.2. The van der Waals surface area contributed by atoms with Crippen molar-refractivity contribution in [1.29, 1.82) is 0 Å². The second-order valence-electron chi connectivity index (χ2n) is 7.72. The first-order valence-electron chi connectivity index (χ1n) is 10.4. The maximum Gasteiger partial charge on any atom is 0.318 e. The van der Waals surface area contributed by atoms with E-state index in [1.165, 1.54) is 12.8 Å². The van der Waals surface area contributed by atoms with Gasteiger partial charge in [-0.15, -0.1) is 0 Å². The summed E-state index contributed by atoms with van der Waals surface area (Å²) in [4.78, 5) is 24.9. The SMILES string of the molecule is COc1ccc([C@H]2CNC(=O)N2Cc2ccc(NC=O)cc2)cc1OC1CCCC1. The Kier molecular flexibility index (Phi) is 6.07. The quantitative estimate of drug-likeness (QED) is 0.649. The Morgan fingerprint density at radius 1 is 1.13 bits per heavy atom. The molecule has 0 bridgehead atoms. The fourth-order valence-corrected chi connectivity index (χ4v) is 4.17. The van der Waals surface area contributed by atoms with Gasteiger partial charge in [-0.1, -0.05) is 18.2 Å². The molecule has 1 aliphatic heterocycles. The summed E-state index contributed by atoms with van der Waals surface area (Å²) in [6.45, 7) is 1.02. The summed E-state index contributed by atoms with van der Waals surface area (Å²) in [7, 11) is 1.65. The number of hydrogen-bond donors (Lipinski definition) is 2. The van der Waals surface area contributed by atoms with Crippen LogP contribution in [0.2, 0.25) is 0 Å². The number of carbonyl (C=O) groups excluding carboxylic acids is 2. The molecule has 0 aromatic heterocycles. The van der Waals surface area contributed by atoms with E-state index in [0.717, 1.165) is 35.4 Å². The highest BCUT2D eigenvalue weighted by molar-refractivity contribution is 5.77. The van der Waals surface area contributed by atoms with Crippen molar-refractivity contribution in [3.63, 3.8) is 0 Å². The molecular weight excluding hydrogens is 382 g/mol. The molecule has 3 amide bonds. The molecule has 0 radical (unpaired) electrons. The van der Waals surface area contributed by atoms with Crippen molar-refractivity contribution >= 4 is 18.1 Å². The Balaban J connectivity index is 1.53. The van der Waals surface area contributed by atoms with Gasteiger partial charge in [0.1, 0.15) is 0 Å². The molecule has 30 heavy (non-hydrogen) atoms. The highest BCUT2D eigenvalue weighted by Gasteiger charge is 2.32. The van der Waals surface area contributed by atoms with Crippen LogP contribution in [0.25, 0.3) is 0 Å². The fraction of sp³-hybridized carbons (Fsp3) is 0.391. The van der Waals surface area contributed by atoms with E-state index in [2.05, 4.69) is 10.6 Å². The average Bonchev–Trinajstić information content (AvgIpc) is 3.40. The maximum atomic E-state index is 12.5. The lowest BCUT2D eigenvalue weighted by atomic mass is 10.0. The molecule has 1 atom stereocenters. The highest BCUT2D eigenvalue weighted by Crippen LogP contribution is 2.36. The van der Waals surface area contributed by atoms with Crippen LogP contribution in [0.15, 0.2) is 42.5 Å². The molecule has 0 spiro atoms. The second-order valence-corrected chi connectivity index (χ2v) is 7.72. The minimum Gasteiger partial charge on any atom is -0.493 e. The lowest BCUT2D eigenvalue weighted by Crippen LogP contribution is -2.29. The first kappa shape index (κ1) is 20.1. The molecule has 158 valence electrons. The Bertz CT molecular complexity index is 894. The zero-order chi connectivity index (χ0) is 20.9. The molecule has 7 nitrogen and oxygen atoms in total. The van der Waals surface area contributed by atoms with Crippen molar-refractivity contribution < 1.29 is 19.1 Å². The van der Waals surface area contributed by atoms with Crippen LogP contribution >= 0.6 is 0 Å². The third kappa shape index (κ3) is 4.35. The van der Waals surface area contributed by atoms with E-state index in [4.69, 9.17) is 9.47 Å². The number of ether oxygens (including phenoxy) is 2. The van der Waals surface area contributed by atoms with Crippen molar-refractivity contribution in [2.75, 3.05) is 19.0 Å². The van der Waals surface area contributed by atoms with Crippen molar-refractivity contribution in [1.82, 2.24) is 10.2 Å². The van der Waals surface area contributed by atoms with Gasteiger partial charge in [-0.05, 0) is 61.1 Å². The van der Waals surface area contributed by atoms with Gasteiger partial charge in [0, 0.05) is 18.8 Å². The van der Waals surface area contributed by atoms with Crippen molar-refractivity contribution in [3.05, 3.63) is 53.6 Å². The minimum absolute atomic E-state index is 0.0934. The molecule has 1 saturated heterocycles. The van der Waals surface area contributed by atoms with Crippen LogP contribution in [0.4, 0.5) is 10.5 Å². The number of hydrogen-bond acceptors (Lipinski definition) is 4. The van der Waals surface area contributed by atoms with Gasteiger partial charge in [0.05, 0.1) is 19.3 Å². The van der Waals surface area contributed by atoms with Crippen molar-refractivity contribution in [2.24, 2.45) is 0 Å². The Morgan fingerprint density at radius 2 is 1.90 bits per heavy atom. The molecule has 2 N–H and O–H groups in total. The first-order valence-corrected chi connectivity index (χ1v) is 10.4. The van der Waals surface area contributed by atoms with E-state index < -0.39 is 0 Å². The number of rotatable bonds is 8. The van der Waals surface area contributed by atoms with Gasteiger partial charge >= 0.3 is 6.03 Å². The molecule has 2 aromatic carbocycles. The van der Waals surface area contributed by atoms with E-state index in [1.54, 1.807) is 7.11 Å². The minimum atomic E-state index is -0.0953. The van der Waals surface area contributed by atoms with Crippen molar-refractivity contribution in [3.8, 4) is 11.5 Å². The van der Waals surface area contributed by atoms with Crippen LogP contribution in [0.1, 0.15) is 42.9 Å². The maximum absolute atomic E-state index is 12.5. The monoisotopic (exact) mass is 409 g/mol. The third-order valence-corrected chi connectivity index (χ3v) is 5.78. The van der Waals surface area contributed by atoms with Gasteiger partial charge in [0.25, 0.3) is 0 Å². The molecule has 0 unspecified atom stereocenters. The molecule has 2 aromatic rings. The first-order chi connectivity index (χ1) is 14.7. The topological polar surface area (TPSA) is 79.9 Å². The molecule has 7 heteroatoms. The predicted octanol–water partition coefficient (Wildman–Crippen LogP) is 3.85. The van der Waals surface area contributed by atoms with Crippen LogP contribution in [0.5, 0.6) is 11.5 Å². The molecular formula is C23H27N3O4. The summed E-state index contributed by atoms with van der Waals surface area (Å²) in [6.07, 6.45) is 5.40. The van der Waals surface area contributed by atoms with Crippen LogP contribution in [-0.2, 0) is 11.3 Å². The van der Waals surface area contributed by atoms with E-state index >= 15 is 0 Å². The average molecular weight is 409 g/mol. The van der Waals surface area contributed by atoms with Gasteiger partial charge in [0.2, 0.25) is 6.41 Å². The predicted molar refractivity (Wildman–Crippen MR) is 114 cm³/mol. The number of benzene rings is 2. The summed E-state index contributed by atoms with van der Waals surface area (Å²) >= 11 is 0. The van der Waals surface area contributed by atoms with Gasteiger partial charge < -0.3 is 25.0 Å². The molecule has 1 saturated carbocycles. The summed E-state index contributed by atoms with van der Waals surface area (Å²) < 4.78 is 11.7. The number of methoxy groups -OCH3 is 1. The van der Waals surface area contributed by atoms with E-state index in [1.807, 2.05) is 47.4 Å². The smallest absolute Gasteiger partial charge is 0.318 e. The summed E-state index contributed by atoms with van der Waals surface area (Å²) in [5, 5.41) is 5.57. The molecule has 1 heterocycles.